The average Bonchev–Trinajstić information content (AvgIpc) is 1.69. The summed E-state index contributed by atoms with van der Waals surface area (Å²) in [4.78, 5) is 0. The molecule has 7 heavy (non-hydrogen) atoms. The first-order chi connectivity index (χ1) is 3.41. The zero-order valence-corrected chi connectivity index (χ0v) is 7.18. The molecule has 0 fully saturated rings. The van der Waals surface area contributed by atoms with Gasteiger partial charge in [-0.3, -0.25) is 0 Å². The van der Waals surface area contributed by atoms with Crippen molar-refractivity contribution in [1.82, 2.24) is 0 Å². The van der Waals surface area contributed by atoms with Gasteiger partial charge in [-0.1, -0.05) is 34.5 Å². The van der Waals surface area contributed by atoms with Crippen LogP contribution in [0, 0.1) is 0 Å². The van der Waals surface area contributed by atoms with Gasteiger partial charge in [0.1, 0.15) is 0 Å². The number of rotatable bonds is 4. The van der Waals surface area contributed by atoms with Gasteiger partial charge in [-0.05, 0) is 6.42 Å². The monoisotopic (exact) mass is 229 g/mol. The van der Waals surface area contributed by atoms with E-state index in [4.69, 9.17) is 5.11 Å². The van der Waals surface area contributed by atoms with Crippen molar-refractivity contribution < 1.29 is 5.11 Å². The Kier molecular flexibility index (Phi) is 8.40. The van der Waals surface area contributed by atoms with Gasteiger partial charge in [-0.2, -0.15) is 0 Å². The zero-order chi connectivity index (χ0) is 5.54. The minimum atomic E-state index is 0.331. The second-order valence-electron chi connectivity index (χ2n) is 1.18. The zero-order valence-electron chi connectivity index (χ0n) is 4.02. The Hall–Kier alpha value is 1.18. The lowest BCUT2D eigenvalue weighted by Gasteiger charge is -1.87. The van der Waals surface area contributed by atoms with Crippen LogP contribution in [-0.4, -0.2) is 18.7 Å². The predicted octanol–water partition coefficient (Wildman–Crippen LogP) is 1.43. The minimum absolute atomic E-state index is 0.331. The van der Waals surface area contributed by atoms with Crippen molar-refractivity contribution >= 4 is 35.1 Å². The lowest BCUT2D eigenvalue weighted by molar-refractivity contribution is 0.295. The van der Waals surface area contributed by atoms with Crippen LogP contribution >= 0.6 is 28.1 Å². The normalized spacial score (nSPS) is 10.6. The molecule has 0 aliphatic heterocycles. The first-order valence-corrected chi connectivity index (χ1v) is 6.39. The molecule has 0 saturated carbocycles. The Morgan fingerprint density at radius 2 is 2.43 bits per heavy atom. The molecule has 1 atom stereocenters. The third kappa shape index (κ3) is 7.18. The Morgan fingerprint density at radius 3 is 2.86 bits per heavy atom. The summed E-state index contributed by atoms with van der Waals surface area (Å²) in [5.41, 5.74) is 0. The molecule has 0 aromatic heterocycles. The van der Waals surface area contributed by atoms with Crippen LogP contribution in [-0.2, 0) is 0 Å². The van der Waals surface area contributed by atoms with E-state index in [0.717, 1.165) is 18.8 Å². The molecule has 1 radical (unpaired) electrons. The lowest BCUT2D eigenvalue weighted by atomic mass is 10.0. The summed E-state index contributed by atoms with van der Waals surface area (Å²) < 4.78 is 0. The van der Waals surface area contributed by atoms with Crippen LogP contribution in [0.15, 0.2) is 0 Å². The van der Waals surface area contributed by atoms with E-state index >= 15 is 0 Å². The predicted molar refractivity (Wildman–Crippen MR) is 44.6 cm³/mol. The number of aliphatic hydroxyl groups is 1. The minimum Gasteiger partial charge on any atom is -0.396 e. The first kappa shape index (κ1) is 8.18. The highest BCUT2D eigenvalue weighted by molar-refractivity contribution is 14.2. The molecule has 0 amide bonds. The molecular formula is C3H8BIOP. The van der Waals surface area contributed by atoms with Crippen molar-refractivity contribution in [3.8, 4) is 0 Å². The fourth-order valence-electron chi connectivity index (χ4n) is 0.248. The first-order valence-electron chi connectivity index (χ1n) is 2.20. The summed E-state index contributed by atoms with van der Waals surface area (Å²) in [6, 6.07) is 0. The van der Waals surface area contributed by atoms with E-state index in [1.165, 1.54) is 0 Å². The van der Waals surface area contributed by atoms with Gasteiger partial charge in [0.2, 0.25) is 0 Å². The Bertz CT molecular complexity index is 34.1. The van der Waals surface area contributed by atoms with Crippen LogP contribution in [0.4, 0.5) is 0 Å². The summed E-state index contributed by atoms with van der Waals surface area (Å²) in [5.74, 6) is 0. The second-order valence-corrected chi connectivity index (χ2v) is 3.67. The molecule has 0 rings (SSSR count). The topological polar surface area (TPSA) is 20.2 Å². The van der Waals surface area contributed by atoms with Gasteiger partial charge in [0.25, 0.3) is 0 Å². The quantitative estimate of drug-likeness (QED) is 0.334. The molecule has 0 aromatic rings. The molecule has 0 aliphatic carbocycles. The molecule has 41 valence electrons. The van der Waals surface area contributed by atoms with Crippen molar-refractivity contribution in [2.75, 3.05) is 6.61 Å². The van der Waals surface area contributed by atoms with Crippen molar-refractivity contribution in [3.63, 3.8) is 0 Å². The SMILES string of the molecule is OCCC[B]PI. The highest BCUT2D eigenvalue weighted by Crippen LogP contribution is 2.19. The number of aliphatic hydroxyl groups excluding tert-OH is 1. The molecule has 0 saturated heterocycles. The molecule has 4 heteroatoms. The van der Waals surface area contributed by atoms with Gasteiger partial charge in [0, 0.05) is 6.61 Å². The van der Waals surface area contributed by atoms with Crippen LogP contribution in [0.5, 0.6) is 0 Å². The molecular weight excluding hydrogens is 221 g/mol. The number of hydrogen-bond donors (Lipinski definition) is 1. The maximum absolute atomic E-state index is 8.27. The standard InChI is InChI=1S/C3H8BIOP/c5-7-4-2-1-3-6/h6-7H,1-3H2. The summed E-state index contributed by atoms with van der Waals surface area (Å²) in [6.07, 6.45) is 2.90. The molecule has 1 unspecified atom stereocenters. The summed E-state index contributed by atoms with van der Waals surface area (Å²) in [7, 11) is 0. The molecule has 1 N–H and O–H groups in total. The van der Waals surface area contributed by atoms with E-state index in [9.17, 15) is 0 Å². The molecule has 0 spiro atoms. The van der Waals surface area contributed by atoms with Gasteiger partial charge in [-0.15, -0.1) is 0 Å². The maximum atomic E-state index is 8.27. The summed E-state index contributed by atoms with van der Waals surface area (Å²) in [6.45, 7) is 2.52. The van der Waals surface area contributed by atoms with Crippen molar-refractivity contribution in [3.05, 3.63) is 0 Å². The maximum Gasteiger partial charge on any atom is 0.156 e. The Balaban J connectivity index is 2.45. The van der Waals surface area contributed by atoms with Crippen LogP contribution in [0.2, 0.25) is 6.32 Å². The largest absolute Gasteiger partial charge is 0.396 e. The van der Waals surface area contributed by atoms with Crippen LogP contribution in [0.25, 0.3) is 0 Å². The number of halogens is 1. The fourth-order valence-corrected chi connectivity index (χ4v) is 1.50. The van der Waals surface area contributed by atoms with E-state index in [1.54, 1.807) is 0 Å². The van der Waals surface area contributed by atoms with Crippen molar-refractivity contribution in [2.24, 2.45) is 0 Å². The van der Waals surface area contributed by atoms with Crippen LogP contribution in [0.3, 0.4) is 0 Å². The van der Waals surface area contributed by atoms with Crippen LogP contribution in [0.1, 0.15) is 6.42 Å². The van der Waals surface area contributed by atoms with E-state index in [1.807, 2.05) is 0 Å². The van der Waals surface area contributed by atoms with E-state index < -0.39 is 0 Å². The third-order valence-corrected chi connectivity index (χ3v) is 2.35. The highest BCUT2D eigenvalue weighted by atomic mass is 127. The van der Waals surface area contributed by atoms with Gasteiger partial charge >= 0.3 is 0 Å². The lowest BCUT2D eigenvalue weighted by Crippen LogP contribution is -1.83. The molecule has 1 nitrogen and oxygen atoms in total. The third-order valence-electron chi connectivity index (χ3n) is 0.584. The molecule has 0 aromatic carbocycles. The van der Waals surface area contributed by atoms with E-state index in [-0.39, 0.29) is 0 Å². The Morgan fingerprint density at radius 1 is 1.71 bits per heavy atom. The summed E-state index contributed by atoms with van der Waals surface area (Å²) in [5, 5.41) is 8.27. The Labute approximate surface area is 59.7 Å². The second kappa shape index (κ2) is 7.18. The van der Waals surface area contributed by atoms with E-state index in [2.05, 4.69) is 29.0 Å². The van der Waals surface area contributed by atoms with Gasteiger partial charge < -0.3 is 5.11 Å². The molecule has 0 aliphatic rings. The van der Waals surface area contributed by atoms with Gasteiger partial charge in [0.05, 0.1) is 0 Å². The molecule has 0 heterocycles. The van der Waals surface area contributed by atoms with Crippen LogP contribution < -0.4 is 0 Å². The smallest absolute Gasteiger partial charge is 0.156 e. The van der Waals surface area contributed by atoms with Crippen molar-refractivity contribution in [2.45, 2.75) is 12.7 Å². The van der Waals surface area contributed by atoms with E-state index in [0.29, 0.717) is 6.61 Å². The van der Waals surface area contributed by atoms with Crippen molar-refractivity contribution in [1.29, 1.82) is 0 Å². The summed E-state index contributed by atoms with van der Waals surface area (Å²) >= 11 is 2.32. The van der Waals surface area contributed by atoms with Gasteiger partial charge in [-0.25, -0.2) is 0 Å². The van der Waals surface area contributed by atoms with Gasteiger partial charge in [0.15, 0.2) is 7.00 Å². The number of hydrogen-bond acceptors (Lipinski definition) is 1. The molecule has 0 bridgehead atoms. The fraction of sp³-hybridized carbons (Fsp3) is 1.00. The average molecular weight is 229 g/mol. The highest BCUT2D eigenvalue weighted by Gasteiger charge is 1.84.